The van der Waals surface area contributed by atoms with Crippen LogP contribution in [0.1, 0.15) is 51.6 Å². The minimum Gasteiger partial charge on any atom is -0.497 e. The number of rotatable bonds is 6. The summed E-state index contributed by atoms with van der Waals surface area (Å²) < 4.78 is 15.9. The van der Waals surface area contributed by atoms with Gasteiger partial charge in [0.2, 0.25) is 5.91 Å². The van der Waals surface area contributed by atoms with Crippen molar-refractivity contribution in [2.24, 2.45) is 0 Å². The van der Waals surface area contributed by atoms with Crippen molar-refractivity contribution in [1.29, 1.82) is 0 Å². The van der Waals surface area contributed by atoms with Crippen molar-refractivity contribution in [2.45, 2.75) is 51.7 Å². The molecule has 2 rings (SSSR count). The van der Waals surface area contributed by atoms with Gasteiger partial charge in [0.15, 0.2) is 0 Å². The number of hydrogen-bond acceptors (Lipinski definition) is 5. The van der Waals surface area contributed by atoms with E-state index in [2.05, 4.69) is 5.32 Å². The smallest absolute Gasteiger partial charge is 0.407 e. The fourth-order valence-corrected chi connectivity index (χ4v) is 3.21. The summed E-state index contributed by atoms with van der Waals surface area (Å²) in [4.78, 5) is 26.3. The number of amides is 2. The zero-order chi connectivity index (χ0) is 20.0. The molecule has 1 atom stereocenters. The first-order valence-electron chi connectivity index (χ1n) is 9.23. The van der Waals surface area contributed by atoms with Crippen LogP contribution in [0.5, 0.6) is 11.5 Å². The van der Waals surface area contributed by atoms with Gasteiger partial charge in [-0.05, 0) is 45.7 Å². The first kappa shape index (κ1) is 20.9. The van der Waals surface area contributed by atoms with Gasteiger partial charge < -0.3 is 24.4 Å². The van der Waals surface area contributed by atoms with Gasteiger partial charge in [-0.25, -0.2) is 4.79 Å². The van der Waals surface area contributed by atoms with Crippen LogP contribution in [0.25, 0.3) is 0 Å². The minimum absolute atomic E-state index is 0.00595. The Morgan fingerprint density at radius 1 is 1.22 bits per heavy atom. The molecule has 1 fully saturated rings. The average molecular weight is 378 g/mol. The fourth-order valence-electron chi connectivity index (χ4n) is 3.21. The van der Waals surface area contributed by atoms with Gasteiger partial charge in [0.1, 0.15) is 17.1 Å². The number of hydrogen-bond donors (Lipinski definition) is 1. The van der Waals surface area contributed by atoms with Gasteiger partial charge in [0, 0.05) is 31.1 Å². The lowest BCUT2D eigenvalue weighted by molar-refractivity contribution is -0.132. The molecular formula is C20H30N2O5. The first-order valence-corrected chi connectivity index (χ1v) is 9.23. The molecule has 1 heterocycles. The van der Waals surface area contributed by atoms with E-state index in [9.17, 15) is 9.59 Å². The number of likely N-dealkylation sites (tertiary alicyclic amines) is 1. The lowest BCUT2D eigenvalue weighted by Crippen LogP contribution is -2.36. The van der Waals surface area contributed by atoms with Crippen molar-refractivity contribution in [3.8, 4) is 11.5 Å². The van der Waals surface area contributed by atoms with Gasteiger partial charge in [0.25, 0.3) is 0 Å². The molecule has 2 amide bonds. The number of carbonyl (C=O) groups excluding carboxylic acids is 2. The summed E-state index contributed by atoms with van der Waals surface area (Å²) in [5, 5.41) is 2.64. The molecule has 0 saturated carbocycles. The Morgan fingerprint density at radius 2 is 1.96 bits per heavy atom. The largest absolute Gasteiger partial charge is 0.497 e. The molecular weight excluding hydrogens is 348 g/mol. The molecule has 0 aromatic heterocycles. The van der Waals surface area contributed by atoms with E-state index >= 15 is 0 Å². The summed E-state index contributed by atoms with van der Waals surface area (Å²) in [5.74, 6) is 1.44. The van der Waals surface area contributed by atoms with Crippen LogP contribution in [0.3, 0.4) is 0 Å². The number of nitrogens with zero attached hydrogens (tertiary/aromatic N) is 1. The lowest BCUT2D eigenvalue weighted by Gasteiger charge is -2.27. The Hall–Kier alpha value is -2.44. The molecule has 27 heavy (non-hydrogen) atoms. The van der Waals surface area contributed by atoms with E-state index in [1.165, 1.54) is 0 Å². The predicted octanol–water partition coefficient (Wildman–Crippen LogP) is 3.28. The fraction of sp³-hybridized carbons (Fsp3) is 0.600. The van der Waals surface area contributed by atoms with Crippen LogP contribution >= 0.6 is 0 Å². The van der Waals surface area contributed by atoms with Gasteiger partial charge >= 0.3 is 6.09 Å². The Labute approximate surface area is 161 Å². The van der Waals surface area contributed by atoms with Gasteiger partial charge in [0.05, 0.1) is 20.3 Å². The molecule has 0 unspecified atom stereocenters. The summed E-state index contributed by atoms with van der Waals surface area (Å²) >= 11 is 0. The highest BCUT2D eigenvalue weighted by Crippen LogP contribution is 2.38. The van der Waals surface area contributed by atoms with Crippen molar-refractivity contribution >= 4 is 12.0 Å². The van der Waals surface area contributed by atoms with E-state index < -0.39 is 11.7 Å². The van der Waals surface area contributed by atoms with Crippen LogP contribution in [0, 0.1) is 0 Å². The summed E-state index contributed by atoms with van der Waals surface area (Å²) in [6.07, 6.45) is 1.54. The Morgan fingerprint density at radius 3 is 2.59 bits per heavy atom. The third kappa shape index (κ3) is 5.77. The van der Waals surface area contributed by atoms with E-state index in [4.69, 9.17) is 14.2 Å². The molecule has 0 spiro atoms. The van der Waals surface area contributed by atoms with Gasteiger partial charge in [-0.1, -0.05) is 0 Å². The molecule has 0 aliphatic carbocycles. The van der Waals surface area contributed by atoms with E-state index in [-0.39, 0.29) is 24.9 Å². The van der Waals surface area contributed by atoms with Crippen molar-refractivity contribution in [3.63, 3.8) is 0 Å². The third-order valence-electron chi connectivity index (χ3n) is 4.38. The van der Waals surface area contributed by atoms with E-state index in [1.807, 2.05) is 23.1 Å². The number of carbonyl (C=O) groups is 2. The molecule has 1 aliphatic rings. The lowest BCUT2D eigenvalue weighted by atomic mass is 10.0. The molecule has 150 valence electrons. The SMILES string of the molecule is COc1ccc([C@H]2CCCN2C(=O)CCNC(=O)OC(C)(C)C)c(OC)c1. The molecule has 1 aliphatic heterocycles. The highest BCUT2D eigenvalue weighted by atomic mass is 16.6. The molecule has 1 saturated heterocycles. The summed E-state index contributed by atoms with van der Waals surface area (Å²) in [5.41, 5.74) is 0.420. The van der Waals surface area contributed by atoms with Crippen LogP contribution in [0.4, 0.5) is 4.79 Å². The highest BCUT2D eigenvalue weighted by Gasteiger charge is 2.31. The van der Waals surface area contributed by atoms with Crippen LogP contribution in [0.15, 0.2) is 18.2 Å². The molecule has 0 bridgehead atoms. The molecule has 1 aromatic carbocycles. The zero-order valence-corrected chi connectivity index (χ0v) is 16.8. The van der Waals surface area contributed by atoms with Crippen LogP contribution < -0.4 is 14.8 Å². The average Bonchev–Trinajstić information content (AvgIpc) is 3.09. The summed E-state index contributed by atoms with van der Waals surface area (Å²) in [6, 6.07) is 5.63. The number of nitrogens with one attached hydrogen (secondary N) is 1. The standard InChI is InChI=1S/C20H30N2O5/c1-20(2,3)27-19(24)21-11-10-18(23)22-12-6-7-16(22)15-9-8-14(25-4)13-17(15)26-5/h8-9,13,16H,6-7,10-12H2,1-5H3,(H,21,24)/t16-/m1/s1. The van der Waals surface area contributed by atoms with Crippen LogP contribution in [-0.4, -0.2) is 49.8 Å². The molecule has 1 N–H and O–H groups in total. The second kappa shape index (κ2) is 8.97. The maximum atomic E-state index is 12.7. The number of methoxy groups -OCH3 is 2. The van der Waals surface area contributed by atoms with Crippen molar-refractivity contribution in [3.05, 3.63) is 23.8 Å². The van der Waals surface area contributed by atoms with Crippen molar-refractivity contribution < 1.29 is 23.8 Å². The quantitative estimate of drug-likeness (QED) is 0.822. The van der Waals surface area contributed by atoms with Crippen LogP contribution in [0.2, 0.25) is 0 Å². The molecule has 0 radical (unpaired) electrons. The van der Waals surface area contributed by atoms with E-state index in [1.54, 1.807) is 35.0 Å². The molecule has 1 aromatic rings. The topological polar surface area (TPSA) is 77.1 Å². The Kier molecular flexibility index (Phi) is 6.93. The van der Waals surface area contributed by atoms with Gasteiger partial charge in [-0.15, -0.1) is 0 Å². The zero-order valence-electron chi connectivity index (χ0n) is 16.8. The highest BCUT2D eigenvalue weighted by molar-refractivity contribution is 5.78. The minimum atomic E-state index is -0.556. The van der Waals surface area contributed by atoms with Crippen LogP contribution in [-0.2, 0) is 9.53 Å². The monoisotopic (exact) mass is 378 g/mol. The molecule has 7 heteroatoms. The van der Waals surface area contributed by atoms with Crippen molar-refractivity contribution in [1.82, 2.24) is 10.2 Å². The number of ether oxygens (including phenoxy) is 3. The Bertz CT molecular complexity index is 669. The number of benzene rings is 1. The Balaban J connectivity index is 1.97. The van der Waals surface area contributed by atoms with E-state index in [0.717, 1.165) is 18.4 Å². The summed E-state index contributed by atoms with van der Waals surface area (Å²) in [7, 11) is 3.22. The molecule has 7 nitrogen and oxygen atoms in total. The maximum Gasteiger partial charge on any atom is 0.407 e. The van der Waals surface area contributed by atoms with Gasteiger partial charge in [-0.2, -0.15) is 0 Å². The second-order valence-electron chi connectivity index (χ2n) is 7.53. The summed E-state index contributed by atoms with van der Waals surface area (Å²) in [6.45, 7) is 6.35. The normalized spacial score (nSPS) is 16.8. The number of alkyl carbamates (subject to hydrolysis) is 1. The second-order valence-corrected chi connectivity index (χ2v) is 7.53. The third-order valence-corrected chi connectivity index (χ3v) is 4.38. The predicted molar refractivity (Wildman–Crippen MR) is 102 cm³/mol. The van der Waals surface area contributed by atoms with Gasteiger partial charge in [-0.3, -0.25) is 4.79 Å². The van der Waals surface area contributed by atoms with Crippen molar-refractivity contribution in [2.75, 3.05) is 27.3 Å². The first-order chi connectivity index (χ1) is 12.7. The maximum absolute atomic E-state index is 12.7. The van der Waals surface area contributed by atoms with E-state index in [0.29, 0.717) is 18.0 Å².